The van der Waals surface area contributed by atoms with Crippen LogP contribution in [0.5, 0.6) is 0 Å². The Morgan fingerprint density at radius 3 is 2.42 bits per heavy atom. The zero-order valence-electron chi connectivity index (χ0n) is 18.3. The average molecular weight is 421 g/mol. The van der Waals surface area contributed by atoms with Crippen LogP contribution in [-0.4, -0.2) is 85.0 Å². The molecule has 0 saturated carbocycles. The van der Waals surface area contributed by atoms with Crippen LogP contribution in [-0.2, 0) is 4.79 Å². The fourth-order valence-corrected chi connectivity index (χ4v) is 4.20. The van der Waals surface area contributed by atoms with Crippen LogP contribution in [0.2, 0.25) is 0 Å². The number of rotatable bonds is 6. The summed E-state index contributed by atoms with van der Waals surface area (Å²) in [6.45, 7) is -0.0484. The van der Waals surface area contributed by atoms with E-state index in [1.165, 1.54) is 9.80 Å². The van der Waals surface area contributed by atoms with Crippen LogP contribution in [0.25, 0.3) is 11.1 Å². The second-order valence-electron chi connectivity index (χ2n) is 8.26. The first-order chi connectivity index (χ1) is 14.8. The molecule has 0 aromatic heterocycles. The van der Waals surface area contributed by atoms with E-state index in [2.05, 4.69) is 6.07 Å². The van der Waals surface area contributed by atoms with Crippen LogP contribution in [0.15, 0.2) is 48.5 Å². The monoisotopic (exact) mass is 420 g/mol. The van der Waals surface area contributed by atoms with Gasteiger partial charge in [-0.05, 0) is 42.9 Å². The van der Waals surface area contributed by atoms with Gasteiger partial charge in [-0.2, -0.15) is 5.26 Å². The maximum absolute atomic E-state index is 12.7. The summed E-state index contributed by atoms with van der Waals surface area (Å²) in [6, 6.07) is 16.2. The molecule has 2 amide bonds. The number of aliphatic hydroxyl groups is 1. The van der Waals surface area contributed by atoms with Crippen molar-refractivity contribution < 1.29 is 14.7 Å². The average Bonchev–Trinajstić information content (AvgIpc) is 2.73. The zero-order valence-corrected chi connectivity index (χ0v) is 18.3. The molecular weight excluding hydrogens is 392 g/mol. The maximum Gasteiger partial charge on any atom is 0.253 e. The summed E-state index contributed by atoms with van der Waals surface area (Å²) >= 11 is 0. The van der Waals surface area contributed by atoms with E-state index < -0.39 is 12.1 Å². The number of carbonyl (C=O) groups excluding carboxylic acids is 2. The Balaban J connectivity index is 2.01. The smallest absolute Gasteiger partial charge is 0.253 e. The Hall–Kier alpha value is -3.21. The van der Waals surface area contributed by atoms with Crippen LogP contribution in [0.3, 0.4) is 0 Å². The number of nitrogens with zero attached hydrogens (tertiary/aromatic N) is 4. The third-order valence-electron chi connectivity index (χ3n) is 5.62. The summed E-state index contributed by atoms with van der Waals surface area (Å²) in [5, 5.41) is 19.9. The van der Waals surface area contributed by atoms with Crippen LogP contribution in [0, 0.1) is 11.3 Å². The molecule has 162 valence electrons. The highest BCUT2D eigenvalue weighted by atomic mass is 16.3. The molecule has 0 unspecified atom stereocenters. The number of carbonyl (C=O) groups is 2. The van der Waals surface area contributed by atoms with Gasteiger partial charge in [0.1, 0.15) is 6.04 Å². The van der Waals surface area contributed by atoms with Crippen molar-refractivity contribution in [3.8, 4) is 17.2 Å². The molecule has 0 spiro atoms. The number of likely N-dealkylation sites (tertiary alicyclic amines) is 1. The number of aliphatic hydroxyl groups excluding tert-OH is 1. The first kappa shape index (κ1) is 22.5. The number of hydrogen-bond donors (Lipinski definition) is 1. The predicted molar refractivity (Wildman–Crippen MR) is 118 cm³/mol. The van der Waals surface area contributed by atoms with E-state index >= 15 is 0 Å². The fourth-order valence-electron chi connectivity index (χ4n) is 4.20. The van der Waals surface area contributed by atoms with Crippen molar-refractivity contribution in [1.29, 1.82) is 5.26 Å². The van der Waals surface area contributed by atoms with E-state index in [0.29, 0.717) is 5.56 Å². The standard InChI is InChI=1S/C24H28N4O3/c1-26(2)14-22(30)28-20(13-25)23(21(28)15-29)19-11-6-5-10-18(19)16-8-7-9-17(12-16)24(31)27(3)4/h5-12,20-21,23,29H,14-15H2,1-4H3/t20-,21-,23+/m0/s1. The molecule has 3 atom stereocenters. The third kappa shape index (κ3) is 4.31. The highest BCUT2D eigenvalue weighted by Crippen LogP contribution is 2.44. The van der Waals surface area contributed by atoms with Gasteiger partial charge in [0.2, 0.25) is 5.91 Å². The molecule has 1 heterocycles. The topological polar surface area (TPSA) is 87.9 Å². The van der Waals surface area contributed by atoms with Gasteiger partial charge >= 0.3 is 0 Å². The van der Waals surface area contributed by atoms with Crippen molar-refractivity contribution in [2.45, 2.75) is 18.0 Å². The summed E-state index contributed by atoms with van der Waals surface area (Å²) in [5.41, 5.74) is 3.20. The molecule has 1 aliphatic heterocycles. The largest absolute Gasteiger partial charge is 0.394 e. The van der Waals surface area contributed by atoms with Crippen LogP contribution in [0.4, 0.5) is 0 Å². The molecule has 1 aliphatic rings. The quantitative estimate of drug-likeness (QED) is 0.770. The third-order valence-corrected chi connectivity index (χ3v) is 5.62. The summed E-state index contributed by atoms with van der Waals surface area (Å²) in [4.78, 5) is 29.9. The summed E-state index contributed by atoms with van der Waals surface area (Å²) < 4.78 is 0. The lowest BCUT2D eigenvalue weighted by atomic mass is 9.73. The molecule has 1 N–H and O–H groups in total. The number of amides is 2. The van der Waals surface area contributed by atoms with E-state index in [9.17, 15) is 20.0 Å². The van der Waals surface area contributed by atoms with E-state index in [-0.39, 0.29) is 30.9 Å². The Labute approximate surface area is 183 Å². The van der Waals surface area contributed by atoms with Gasteiger partial charge in [0.05, 0.1) is 25.3 Å². The Morgan fingerprint density at radius 2 is 1.81 bits per heavy atom. The van der Waals surface area contributed by atoms with Gasteiger partial charge in [-0.25, -0.2) is 0 Å². The van der Waals surface area contributed by atoms with Crippen molar-refractivity contribution in [1.82, 2.24) is 14.7 Å². The molecule has 31 heavy (non-hydrogen) atoms. The van der Waals surface area contributed by atoms with Gasteiger partial charge in [-0.3, -0.25) is 9.59 Å². The number of nitriles is 1. The summed E-state index contributed by atoms with van der Waals surface area (Å²) in [7, 11) is 7.00. The highest BCUT2D eigenvalue weighted by molar-refractivity contribution is 5.95. The normalized spacial score (nSPS) is 20.2. The summed E-state index contributed by atoms with van der Waals surface area (Å²) in [5.74, 6) is -0.583. The van der Waals surface area contributed by atoms with Gasteiger partial charge in [0, 0.05) is 25.6 Å². The van der Waals surface area contributed by atoms with Crippen molar-refractivity contribution in [3.63, 3.8) is 0 Å². The first-order valence-electron chi connectivity index (χ1n) is 10.2. The van der Waals surface area contributed by atoms with Crippen LogP contribution in [0.1, 0.15) is 21.8 Å². The molecule has 1 fully saturated rings. The fraction of sp³-hybridized carbons (Fsp3) is 0.375. The SMILES string of the molecule is CN(C)CC(=O)N1[C@@H](C#N)[C@@H](c2ccccc2-c2cccc(C(=O)N(C)C)c2)[C@@H]1CO. The van der Waals surface area contributed by atoms with Crippen molar-refractivity contribution >= 4 is 11.8 Å². The molecular formula is C24H28N4O3. The predicted octanol–water partition coefficient (Wildman–Crippen LogP) is 1.80. The molecule has 0 radical (unpaired) electrons. The lowest BCUT2D eigenvalue weighted by Gasteiger charge is -2.52. The molecule has 7 nitrogen and oxygen atoms in total. The van der Waals surface area contributed by atoms with Crippen molar-refractivity contribution in [3.05, 3.63) is 59.7 Å². The van der Waals surface area contributed by atoms with E-state index in [1.807, 2.05) is 42.5 Å². The zero-order chi connectivity index (χ0) is 22.7. The van der Waals surface area contributed by atoms with Crippen LogP contribution < -0.4 is 0 Å². The van der Waals surface area contributed by atoms with E-state index in [0.717, 1.165) is 16.7 Å². The van der Waals surface area contributed by atoms with Gasteiger partial charge in [0.15, 0.2) is 0 Å². The van der Waals surface area contributed by atoms with Gasteiger partial charge in [-0.15, -0.1) is 0 Å². The molecule has 1 saturated heterocycles. The second kappa shape index (κ2) is 9.29. The van der Waals surface area contributed by atoms with Crippen LogP contribution >= 0.6 is 0 Å². The number of hydrogen-bond acceptors (Lipinski definition) is 5. The molecule has 2 aromatic rings. The molecule has 3 rings (SSSR count). The molecule has 0 bridgehead atoms. The van der Waals surface area contributed by atoms with Gasteiger partial charge in [0.25, 0.3) is 5.91 Å². The molecule has 7 heteroatoms. The minimum Gasteiger partial charge on any atom is -0.394 e. The first-order valence-corrected chi connectivity index (χ1v) is 10.2. The highest BCUT2D eigenvalue weighted by Gasteiger charge is 2.52. The van der Waals surface area contributed by atoms with E-state index in [4.69, 9.17) is 0 Å². The second-order valence-corrected chi connectivity index (χ2v) is 8.26. The molecule has 0 aliphatic carbocycles. The minimum atomic E-state index is -0.655. The van der Waals surface area contributed by atoms with Crippen molar-refractivity contribution in [2.75, 3.05) is 41.3 Å². The van der Waals surface area contributed by atoms with Crippen molar-refractivity contribution in [2.24, 2.45) is 0 Å². The lowest BCUT2D eigenvalue weighted by molar-refractivity contribution is -0.147. The minimum absolute atomic E-state index is 0.0911. The van der Waals surface area contributed by atoms with Gasteiger partial charge in [-0.1, -0.05) is 36.4 Å². The lowest BCUT2D eigenvalue weighted by Crippen LogP contribution is -2.66. The van der Waals surface area contributed by atoms with E-state index in [1.54, 1.807) is 39.2 Å². The Kier molecular flexibility index (Phi) is 6.74. The number of benzene rings is 2. The maximum atomic E-state index is 12.7. The number of likely N-dealkylation sites (N-methyl/N-ethyl adjacent to an activating group) is 1. The molecule has 2 aromatic carbocycles. The summed E-state index contributed by atoms with van der Waals surface area (Å²) in [6.07, 6.45) is 0. The van der Waals surface area contributed by atoms with Gasteiger partial charge < -0.3 is 19.8 Å². The Bertz CT molecular complexity index is 1010. The Morgan fingerprint density at radius 1 is 1.10 bits per heavy atom.